The van der Waals surface area contributed by atoms with E-state index in [-0.39, 0.29) is 24.2 Å². The van der Waals surface area contributed by atoms with Gasteiger partial charge in [0.2, 0.25) is 21.8 Å². The molecule has 11 heteroatoms. The zero-order chi connectivity index (χ0) is 26.5. The fourth-order valence-corrected chi connectivity index (χ4v) is 4.57. The van der Waals surface area contributed by atoms with Crippen molar-refractivity contribution in [1.82, 2.24) is 10.2 Å². The van der Waals surface area contributed by atoms with Crippen molar-refractivity contribution in [2.24, 2.45) is 0 Å². The maximum atomic E-state index is 13.5. The third kappa shape index (κ3) is 8.00. The van der Waals surface area contributed by atoms with Crippen LogP contribution in [0.25, 0.3) is 0 Å². The second kappa shape index (κ2) is 12.3. The highest BCUT2D eigenvalue weighted by Gasteiger charge is 2.30. The van der Waals surface area contributed by atoms with E-state index in [2.05, 4.69) is 5.32 Å². The van der Waals surface area contributed by atoms with E-state index in [4.69, 9.17) is 34.8 Å². The highest BCUT2D eigenvalue weighted by atomic mass is 35.5. The molecule has 192 valence electrons. The highest BCUT2D eigenvalue weighted by Crippen LogP contribution is 2.26. The lowest BCUT2D eigenvalue weighted by Crippen LogP contribution is -2.52. The largest absolute Gasteiger partial charge is 0.352 e. The first kappa shape index (κ1) is 29.2. The molecule has 7 nitrogen and oxygen atoms in total. The van der Waals surface area contributed by atoms with Crippen LogP contribution in [-0.4, -0.2) is 50.0 Å². The number of halogens is 3. The zero-order valence-corrected chi connectivity index (χ0v) is 23.4. The van der Waals surface area contributed by atoms with E-state index in [9.17, 15) is 18.0 Å². The molecular weight excluding hydrogens is 533 g/mol. The van der Waals surface area contributed by atoms with Crippen molar-refractivity contribution in [3.05, 3.63) is 62.6 Å². The molecule has 0 radical (unpaired) electrons. The van der Waals surface area contributed by atoms with E-state index in [0.717, 1.165) is 22.5 Å². The SMILES string of the molecule is CC[C@@H](C)NC(=O)[C@H](C)N(Cc1ccc(Cl)c(Cl)c1)C(=O)CN(c1ccc(C)c(Cl)c1)S(C)(=O)=O. The van der Waals surface area contributed by atoms with E-state index < -0.39 is 28.5 Å². The fourth-order valence-electron chi connectivity index (χ4n) is 3.23. The number of hydrogen-bond donors (Lipinski definition) is 1. The van der Waals surface area contributed by atoms with Gasteiger partial charge in [-0.15, -0.1) is 0 Å². The normalized spacial score (nSPS) is 13.1. The third-order valence-electron chi connectivity index (χ3n) is 5.63. The Morgan fingerprint density at radius 2 is 1.66 bits per heavy atom. The van der Waals surface area contributed by atoms with Crippen molar-refractivity contribution < 1.29 is 18.0 Å². The number of benzene rings is 2. The van der Waals surface area contributed by atoms with Crippen LogP contribution in [0.3, 0.4) is 0 Å². The summed E-state index contributed by atoms with van der Waals surface area (Å²) in [5, 5.41) is 3.91. The van der Waals surface area contributed by atoms with Crippen molar-refractivity contribution in [2.75, 3.05) is 17.1 Å². The molecule has 0 spiro atoms. The predicted molar refractivity (Wildman–Crippen MR) is 143 cm³/mol. The van der Waals surface area contributed by atoms with Gasteiger partial charge in [-0.3, -0.25) is 13.9 Å². The molecule has 0 fully saturated rings. The number of aryl methyl sites for hydroxylation is 1. The number of anilines is 1. The molecule has 2 aromatic rings. The Morgan fingerprint density at radius 1 is 1.00 bits per heavy atom. The van der Waals surface area contributed by atoms with Crippen LogP contribution < -0.4 is 9.62 Å². The van der Waals surface area contributed by atoms with E-state index in [1.165, 1.54) is 11.0 Å². The average molecular weight is 563 g/mol. The summed E-state index contributed by atoms with van der Waals surface area (Å²) in [5.74, 6) is -0.915. The molecule has 0 saturated carbocycles. The number of hydrogen-bond acceptors (Lipinski definition) is 4. The van der Waals surface area contributed by atoms with Gasteiger partial charge in [0.15, 0.2) is 0 Å². The van der Waals surface area contributed by atoms with Crippen LogP contribution in [0.2, 0.25) is 15.1 Å². The Morgan fingerprint density at radius 3 is 2.20 bits per heavy atom. The molecule has 0 saturated heterocycles. The van der Waals surface area contributed by atoms with Crippen LogP contribution in [0.4, 0.5) is 5.69 Å². The molecule has 35 heavy (non-hydrogen) atoms. The molecule has 0 unspecified atom stereocenters. The summed E-state index contributed by atoms with van der Waals surface area (Å²) in [6.45, 7) is 6.70. The molecule has 0 heterocycles. The van der Waals surface area contributed by atoms with Gasteiger partial charge in [-0.05, 0) is 62.6 Å². The summed E-state index contributed by atoms with van der Waals surface area (Å²) in [6.07, 6.45) is 1.73. The van der Waals surface area contributed by atoms with Gasteiger partial charge in [0.1, 0.15) is 12.6 Å². The summed E-state index contributed by atoms with van der Waals surface area (Å²) in [6, 6.07) is 8.69. The summed E-state index contributed by atoms with van der Waals surface area (Å²) in [5.41, 5.74) is 1.66. The van der Waals surface area contributed by atoms with E-state index in [1.54, 1.807) is 44.2 Å². The molecule has 0 aliphatic rings. The fraction of sp³-hybridized carbons (Fsp3) is 0.417. The van der Waals surface area contributed by atoms with Gasteiger partial charge in [-0.2, -0.15) is 0 Å². The molecule has 2 atom stereocenters. The monoisotopic (exact) mass is 561 g/mol. The molecule has 2 rings (SSSR count). The maximum Gasteiger partial charge on any atom is 0.244 e. The molecule has 0 aliphatic carbocycles. The van der Waals surface area contributed by atoms with Gasteiger partial charge in [-0.1, -0.05) is 53.9 Å². The summed E-state index contributed by atoms with van der Waals surface area (Å²) in [7, 11) is -3.84. The topological polar surface area (TPSA) is 86.8 Å². The van der Waals surface area contributed by atoms with Crippen LogP contribution in [0, 0.1) is 6.92 Å². The lowest BCUT2D eigenvalue weighted by Gasteiger charge is -2.32. The second-order valence-electron chi connectivity index (χ2n) is 8.47. The first-order valence-electron chi connectivity index (χ1n) is 11.0. The number of rotatable bonds is 10. The summed E-state index contributed by atoms with van der Waals surface area (Å²) >= 11 is 18.4. The van der Waals surface area contributed by atoms with Gasteiger partial charge in [0, 0.05) is 17.6 Å². The molecular formula is C24H30Cl3N3O4S. The van der Waals surface area contributed by atoms with Crippen molar-refractivity contribution in [3.63, 3.8) is 0 Å². The van der Waals surface area contributed by atoms with Crippen LogP contribution >= 0.6 is 34.8 Å². The third-order valence-corrected chi connectivity index (χ3v) is 7.91. The second-order valence-corrected chi connectivity index (χ2v) is 11.6. The minimum absolute atomic E-state index is 0.0249. The van der Waals surface area contributed by atoms with Crippen LogP contribution in [0.1, 0.15) is 38.3 Å². The summed E-state index contributed by atoms with van der Waals surface area (Å²) in [4.78, 5) is 27.8. The van der Waals surface area contributed by atoms with Crippen LogP contribution in [-0.2, 0) is 26.2 Å². The first-order valence-corrected chi connectivity index (χ1v) is 14.0. The Kier molecular flexibility index (Phi) is 10.3. The van der Waals surface area contributed by atoms with Crippen molar-refractivity contribution in [1.29, 1.82) is 0 Å². The predicted octanol–water partition coefficient (Wildman–Crippen LogP) is 5.05. The van der Waals surface area contributed by atoms with E-state index in [0.29, 0.717) is 20.6 Å². The Labute approximate surface area is 222 Å². The van der Waals surface area contributed by atoms with E-state index >= 15 is 0 Å². The van der Waals surface area contributed by atoms with E-state index in [1.807, 2.05) is 13.8 Å². The lowest BCUT2D eigenvalue weighted by atomic mass is 10.1. The number of nitrogens with one attached hydrogen (secondary N) is 1. The number of nitrogens with zero attached hydrogens (tertiary/aromatic N) is 2. The van der Waals surface area contributed by atoms with Crippen molar-refractivity contribution >= 4 is 62.3 Å². The van der Waals surface area contributed by atoms with Gasteiger partial charge in [0.05, 0.1) is 22.0 Å². The number of amides is 2. The number of carbonyl (C=O) groups is 2. The number of carbonyl (C=O) groups excluding carboxylic acids is 2. The Bertz CT molecular complexity index is 1190. The average Bonchev–Trinajstić information content (AvgIpc) is 2.78. The van der Waals surface area contributed by atoms with Crippen molar-refractivity contribution in [2.45, 2.75) is 52.7 Å². The molecule has 0 aliphatic heterocycles. The standard InChI is InChI=1S/C24H30Cl3N3O4S/c1-6-16(3)28-24(32)17(4)29(13-18-8-10-20(25)22(27)11-18)23(31)14-30(35(5,33)34)19-9-7-15(2)21(26)12-19/h7-12,16-17H,6,13-14H2,1-5H3,(H,28,32)/t16-,17+/m1/s1. The first-order chi connectivity index (χ1) is 16.2. The molecule has 2 aromatic carbocycles. The minimum atomic E-state index is -3.84. The van der Waals surface area contributed by atoms with Gasteiger partial charge >= 0.3 is 0 Å². The quantitative estimate of drug-likeness (QED) is 0.439. The zero-order valence-electron chi connectivity index (χ0n) is 20.3. The van der Waals surface area contributed by atoms with Gasteiger partial charge in [-0.25, -0.2) is 8.42 Å². The van der Waals surface area contributed by atoms with Crippen LogP contribution in [0.15, 0.2) is 36.4 Å². The van der Waals surface area contributed by atoms with Crippen LogP contribution in [0.5, 0.6) is 0 Å². The molecule has 0 aromatic heterocycles. The van der Waals surface area contributed by atoms with Gasteiger partial charge in [0.25, 0.3) is 0 Å². The molecule has 1 N–H and O–H groups in total. The van der Waals surface area contributed by atoms with Crippen molar-refractivity contribution in [3.8, 4) is 0 Å². The number of sulfonamides is 1. The van der Waals surface area contributed by atoms with Gasteiger partial charge < -0.3 is 10.2 Å². The highest BCUT2D eigenvalue weighted by molar-refractivity contribution is 7.92. The lowest BCUT2D eigenvalue weighted by molar-refractivity contribution is -0.139. The minimum Gasteiger partial charge on any atom is -0.352 e. The Hall–Kier alpha value is -2.00. The summed E-state index contributed by atoms with van der Waals surface area (Å²) < 4.78 is 26.2. The Balaban J connectivity index is 2.43. The molecule has 2 amide bonds. The maximum absolute atomic E-state index is 13.5. The molecule has 0 bridgehead atoms. The smallest absolute Gasteiger partial charge is 0.244 e.